The second kappa shape index (κ2) is 8.23. The van der Waals surface area contributed by atoms with Crippen LogP contribution in [0.3, 0.4) is 0 Å². The Morgan fingerprint density at radius 3 is 2.15 bits per heavy atom. The third-order valence-corrected chi connectivity index (χ3v) is 4.03. The number of carbonyl (C=O) groups is 2. The molecule has 0 unspecified atom stereocenters. The Labute approximate surface area is 157 Å². The van der Waals surface area contributed by atoms with Crippen LogP contribution < -0.4 is 15.5 Å². The van der Waals surface area contributed by atoms with E-state index in [1.54, 1.807) is 41.1 Å². The summed E-state index contributed by atoms with van der Waals surface area (Å²) in [7, 11) is 0. The van der Waals surface area contributed by atoms with Crippen molar-refractivity contribution in [2.45, 2.75) is 13.8 Å². The van der Waals surface area contributed by atoms with Crippen LogP contribution in [0.15, 0.2) is 66.7 Å². The Hall–Kier alpha value is -3.54. The van der Waals surface area contributed by atoms with Gasteiger partial charge in [0.25, 0.3) is 11.8 Å². The summed E-state index contributed by atoms with van der Waals surface area (Å²) in [4.78, 5) is 24.3. The third-order valence-electron chi connectivity index (χ3n) is 4.03. The van der Waals surface area contributed by atoms with E-state index in [0.717, 1.165) is 11.4 Å². The summed E-state index contributed by atoms with van der Waals surface area (Å²) < 4.78 is 7.21. The number of nitrogens with one attached hydrogen (secondary N) is 2. The molecule has 2 aromatic carbocycles. The summed E-state index contributed by atoms with van der Waals surface area (Å²) in [5.41, 5.74) is 5.96. The van der Waals surface area contributed by atoms with Crippen LogP contribution in [0.1, 0.15) is 21.7 Å². The van der Waals surface area contributed by atoms with Gasteiger partial charge in [-0.15, -0.1) is 0 Å². The Morgan fingerprint density at radius 2 is 1.52 bits per heavy atom. The maximum atomic E-state index is 12.4. The molecule has 3 rings (SSSR count). The highest BCUT2D eigenvalue weighted by molar-refractivity contribution is 6.00. The van der Waals surface area contributed by atoms with Gasteiger partial charge in [0.2, 0.25) is 0 Å². The second-order valence-electron chi connectivity index (χ2n) is 6.12. The topological polar surface area (TPSA) is 72.4 Å². The van der Waals surface area contributed by atoms with E-state index in [2.05, 4.69) is 10.7 Å². The molecule has 2 amide bonds. The number of aromatic nitrogens is 1. The fourth-order valence-corrected chi connectivity index (χ4v) is 2.58. The van der Waals surface area contributed by atoms with Crippen molar-refractivity contribution < 1.29 is 14.3 Å². The van der Waals surface area contributed by atoms with Crippen molar-refractivity contribution >= 4 is 17.5 Å². The Balaban J connectivity index is 1.54. The first-order valence-corrected chi connectivity index (χ1v) is 8.57. The fourth-order valence-electron chi connectivity index (χ4n) is 2.58. The number of ether oxygens (including phenoxy) is 1. The number of carbonyl (C=O) groups excluding carboxylic acids is 2. The van der Waals surface area contributed by atoms with Crippen LogP contribution in [0.5, 0.6) is 5.75 Å². The molecule has 0 atom stereocenters. The SMILES string of the molecule is Cc1ccc(C)n1NC(=O)c1ccc(OCC(=O)Nc2ccccc2)cc1. The lowest BCUT2D eigenvalue weighted by Crippen LogP contribution is -2.24. The largest absolute Gasteiger partial charge is 0.484 e. The molecule has 0 saturated carbocycles. The van der Waals surface area contributed by atoms with Crippen molar-refractivity contribution in [2.24, 2.45) is 0 Å². The summed E-state index contributed by atoms with van der Waals surface area (Å²) >= 11 is 0. The monoisotopic (exact) mass is 363 g/mol. The van der Waals surface area contributed by atoms with E-state index in [-0.39, 0.29) is 18.4 Å². The highest BCUT2D eigenvalue weighted by atomic mass is 16.5. The first-order chi connectivity index (χ1) is 13.0. The van der Waals surface area contributed by atoms with Crippen LogP contribution in [0.2, 0.25) is 0 Å². The number of anilines is 1. The van der Waals surface area contributed by atoms with Crippen molar-refractivity contribution in [3.63, 3.8) is 0 Å². The zero-order valence-electron chi connectivity index (χ0n) is 15.2. The predicted octanol–water partition coefficient (Wildman–Crippen LogP) is 3.51. The molecule has 27 heavy (non-hydrogen) atoms. The second-order valence-corrected chi connectivity index (χ2v) is 6.12. The smallest absolute Gasteiger partial charge is 0.270 e. The number of benzene rings is 2. The Morgan fingerprint density at radius 1 is 0.889 bits per heavy atom. The number of hydrogen-bond donors (Lipinski definition) is 2. The van der Waals surface area contributed by atoms with E-state index in [1.165, 1.54) is 0 Å². The molecular formula is C21H21N3O3. The van der Waals surface area contributed by atoms with Gasteiger partial charge < -0.3 is 10.1 Å². The van der Waals surface area contributed by atoms with Gasteiger partial charge in [-0.3, -0.25) is 19.7 Å². The molecule has 2 N–H and O–H groups in total. The Bertz CT molecular complexity index is 912. The van der Waals surface area contributed by atoms with Gasteiger partial charge in [0.05, 0.1) is 0 Å². The highest BCUT2D eigenvalue weighted by Crippen LogP contribution is 2.13. The molecule has 0 saturated heterocycles. The minimum Gasteiger partial charge on any atom is -0.484 e. The molecule has 0 aliphatic heterocycles. The number of amides is 2. The number of hydrogen-bond acceptors (Lipinski definition) is 3. The molecule has 3 aromatic rings. The molecule has 1 heterocycles. The quantitative estimate of drug-likeness (QED) is 0.704. The van der Waals surface area contributed by atoms with Crippen LogP contribution >= 0.6 is 0 Å². The average molecular weight is 363 g/mol. The van der Waals surface area contributed by atoms with Gasteiger partial charge in [0.15, 0.2) is 6.61 Å². The Kier molecular flexibility index (Phi) is 5.56. The van der Waals surface area contributed by atoms with Crippen LogP contribution in [-0.4, -0.2) is 23.1 Å². The molecule has 0 aliphatic carbocycles. The van der Waals surface area contributed by atoms with Crippen molar-refractivity contribution in [3.05, 3.63) is 83.7 Å². The zero-order chi connectivity index (χ0) is 19.2. The number of para-hydroxylation sites is 1. The van der Waals surface area contributed by atoms with Crippen molar-refractivity contribution in [3.8, 4) is 5.75 Å². The molecule has 138 valence electrons. The first-order valence-electron chi connectivity index (χ1n) is 8.57. The van der Waals surface area contributed by atoms with Gasteiger partial charge in [0.1, 0.15) is 5.75 Å². The predicted molar refractivity (Wildman–Crippen MR) is 105 cm³/mol. The van der Waals surface area contributed by atoms with Crippen LogP contribution in [0.4, 0.5) is 5.69 Å². The maximum Gasteiger partial charge on any atom is 0.270 e. The zero-order valence-corrected chi connectivity index (χ0v) is 15.2. The normalized spacial score (nSPS) is 10.3. The summed E-state index contributed by atoms with van der Waals surface area (Å²) in [6, 6.07) is 19.7. The van der Waals surface area contributed by atoms with Crippen molar-refractivity contribution in [2.75, 3.05) is 17.3 Å². The molecule has 6 heteroatoms. The molecular weight excluding hydrogens is 342 g/mol. The van der Waals surface area contributed by atoms with E-state index < -0.39 is 0 Å². The van der Waals surface area contributed by atoms with E-state index >= 15 is 0 Å². The van der Waals surface area contributed by atoms with Gasteiger partial charge in [0, 0.05) is 22.6 Å². The minimum atomic E-state index is -0.249. The minimum absolute atomic E-state index is 0.109. The lowest BCUT2D eigenvalue weighted by molar-refractivity contribution is -0.118. The third kappa shape index (κ3) is 4.76. The van der Waals surface area contributed by atoms with E-state index in [4.69, 9.17) is 4.74 Å². The summed E-state index contributed by atoms with van der Waals surface area (Å²) in [6.45, 7) is 3.73. The number of nitrogens with zero attached hydrogens (tertiary/aromatic N) is 1. The molecule has 0 bridgehead atoms. The summed E-state index contributed by atoms with van der Waals surface area (Å²) in [5.74, 6) is 0.0513. The first kappa shape index (κ1) is 18.3. The highest BCUT2D eigenvalue weighted by Gasteiger charge is 2.09. The van der Waals surface area contributed by atoms with Crippen LogP contribution in [0, 0.1) is 13.8 Å². The van der Waals surface area contributed by atoms with E-state index in [9.17, 15) is 9.59 Å². The molecule has 6 nitrogen and oxygen atoms in total. The van der Waals surface area contributed by atoms with Gasteiger partial charge >= 0.3 is 0 Å². The van der Waals surface area contributed by atoms with E-state index in [0.29, 0.717) is 17.0 Å². The summed E-state index contributed by atoms with van der Waals surface area (Å²) in [5, 5.41) is 2.75. The standard InChI is InChI=1S/C21H21N3O3/c1-15-8-9-16(2)24(15)23-21(26)17-10-12-19(13-11-17)27-14-20(25)22-18-6-4-3-5-7-18/h3-13H,14H2,1-2H3,(H,22,25)(H,23,26). The molecule has 0 radical (unpaired) electrons. The maximum absolute atomic E-state index is 12.4. The van der Waals surface area contributed by atoms with Gasteiger partial charge in [-0.2, -0.15) is 0 Å². The van der Waals surface area contributed by atoms with Crippen molar-refractivity contribution in [1.82, 2.24) is 4.68 Å². The van der Waals surface area contributed by atoms with Gasteiger partial charge in [-0.1, -0.05) is 18.2 Å². The van der Waals surface area contributed by atoms with Gasteiger partial charge in [-0.05, 0) is 62.4 Å². The lowest BCUT2D eigenvalue weighted by atomic mass is 10.2. The van der Waals surface area contributed by atoms with Crippen LogP contribution in [0.25, 0.3) is 0 Å². The molecule has 0 spiro atoms. The fraction of sp³-hybridized carbons (Fsp3) is 0.143. The number of rotatable bonds is 6. The van der Waals surface area contributed by atoms with Crippen molar-refractivity contribution in [1.29, 1.82) is 0 Å². The summed E-state index contributed by atoms with van der Waals surface area (Å²) in [6.07, 6.45) is 0. The average Bonchev–Trinajstić information content (AvgIpc) is 2.99. The van der Waals surface area contributed by atoms with Crippen LogP contribution in [-0.2, 0) is 4.79 Å². The number of aryl methyl sites for hydroxylation is 2. The lowest BCUT2D eigenvalue weighted by Gasteiger charge is -2.12. The molecule has 0 fully saturated rings. The van der Waals surface area contributed by atoms with Gasteiger partial charge in [-0.25, -0.2) is 0 Å². The van der Waals surface area contributed by atoms with E-state index in [1.807, 2.05) is 44.2 Å². The molecule has 1 aromatic heterocycles. The molecule has 0 aliphatic rings.